The molecule has 0 saturated heterocycles. The molecule has 0 spiro atoms. The molecule has 2 amide bonds. The average Bonchev–Trinajstić information content (AvgIpc) is 3.70. The number of rotatable bonds is 11. The van der Waals surface area contributed by atoms with E-state index in [1.165, 1.54) is 0 Å². The normalized spacial score (nSPS) is 15.5. The second-order valence-corrected chi connectivity index (χ2v) is 10.4. The average molecular weight is 526 g/mol. The predicted molar refractivity (Wildman–Crippen MR) is 152 cm³/mol. The van der Waals surface area contributed by atoms with Crippen molar-refractivity contribution in [2.45, 2.75) is 57.3 Å². The molecule has 1 aliphatic rings. The maximum Gasteiger partial charge on any atom is 0.252 e. The Morgan fingerprint density at radius 1 is 0.949 bits per heavy atom. The molecule has 7 heteroatoms. The number of hydrogen-bond acceptors (Lipinski definition) is 5. The molecule has 39 heavy (non-hydrogen) atoms. The van der Waals surface area contributed by atoms with Crippen LogP contribution in [0.5, 0.6) is 0 Å². The van der Waals surface area contributed by atoms with Gasteiger partial charge in [0.2, 0.25) is 0 Å². The lowest BCUT2D eigenvalue weighted by Crippen LogP contribution is -2.49. The van der Waals surface area contributed by atoms with E-state index in [-0.39, 0.29) is 17.9 Å². The van der Waals surface area contributed by atoms with Gasteiger partial charge in [0, 0.05) is 23.5 Å². The van der Waals surface area contributed by atoms with E-state index in [0.717, 1.165) is 24.0 Å². The van der Waals surface area contributed by atoms with Crippen molar-refractivity contribution in [2.24, 2.45) is 0 Å². The fourth-order valence-corrected chi connectivity index (χ4v) is 4.80. The van der Waals surface area contributed by atoms with Crippen molar-refractivity contribution in [1.82, 2.24) is 16.0 Å². The van der Waals surface area contributed by atoms with Gasteiger partial charge < -0.3 is 25.5 Å². The first-order valence-electron chi connectivity index (χ1n) is 13.5. The Kier molecular flexibility index (Phi) is 8.10. The Hall–Kier alpha value is -3.94. The van der Waals surface area contributed by atoms with Crippen LogP contribution in [0.2, 0.25) is 0 Å². The quantitative estimate of drug-likeness (QED) is 0.228. The maximum atomic E-state index is 13.6. The van der Waals surface area contributed by atoms with Crippen LogP contribution in [0.3, 0.4) is 0 Å². The summed E-state index contributed by atoms with van der Waals surface area (Å²) in [6.07, 6.45) is 1.92. The first-order valence-corrected chi connectivity index (χ1v) is 13.5. The van der Waals surface area contributed by atoms with Gasteiger partial charge in [0.25, 0.3) is 11.8 Å². The van der Waals surface area contributed by atoms with Crippen LogP contribution in [0.4, 0.5) is 0 Å². The van der Waals surface area contributed by atoms with E-state index in [1.54, 1.807) is 12.1 Å². The highest BCUT2D eigenvalue weighted by molar-refractivity contribution is 6.09. The molecule has 3 atom stereocenters. The van der Waals surface area contributed by atoms with Gasteiger partial charge in [0.1, 0.15) is 11.3 Å². The minimum Gasteiger partial charge on any atom is -0.461 e. The zero-order valence-corrected chi connectivity index (χ0v) is 22.3. The van der Waals surface area contributed by atoms with Gasteiger partial charge in [-0.25, -0.2) is 0 Å². The molecule has 1 aliphatic carbocycles. The summed E-state index contributed by atoms with van der Waals surface area (Å²) < 4.78 is 5.84. The standard InChI is InChI=1S/C32H35N3O4/c1-20-15-26-27(32(38)34-21(2)23-11-7-4-8-12-23)17-24(18-30(26)39-20)31(37)35-28(16-22-9-5-3-6-10-22)29(36)19-33-25-13-14-25/h3-12,15,17-18,21,25,28-29,33,36H,13-14,16,19H2,1-2H3,(H,34,38)(H,35,37)/t21-,28+,29-/m1/s1. The monoisotopic (exact) mass is 525 g/mol. The van der Waals surface area contributed by atoms with Gasteiger partial charge in [-0.15, -0.1) is 0 Å². The lowest BCUT2D eigenvalue weighted by atomic mass is 9.99. The summed E-state index contributed by atoms with van der Waals surface area (Å²) in [5.74, 6) is -0.0138. The minimum absolute atomic E-state index is 0.219. The molecule has 5 rings (SSSR count). The molecule has 0 radical (unpaired) electrons. The van der Waals surface area contributed by atoms with Crippen LogP contribution in [0.1, 0.15) is 63.4 Å². The van der Waals surface area contributed by atoms with E-state index >= 15 is 0 Å². The number of carbonyl (C=O) groups excluding carboxylic acids is 2. The maximum absolute atomic E-state index is 13.6. The van der Waals surface area contributed by atoms with Crippen molar-refractivity contribution in [3.63, 3.8) is 0 Å². The van der Waals surface area contributed by atoms with Gasteiger partial charge in [0.05, 0.1) is 23.8 Å². The molecule has 3 aromatic carbocycles. The van der Waals surface area contributed by atoms with Crippen LogP contribution in [0.25, 0.3) is 11.0 Å². The summed E-state index contributed by atoms with van der Waals surface area (Å²) in [5.41, 5.74) is 3.13. The highest BCUT2D eigenvalue weighted by Gasteiger charge is 2.27. The Morgan fingerprint density at radius 3 is 2.33 bits per heavy atom. The van der Waals surface area contributed by atoms with Crippen molar-refractivity contribution < 1.29 is 19.1 Å². The SMILES string of the molecule is Cc1cc2c(C(=O)N[C@H](C)c3ccccc3)cc(C(=O)N[C@@H](Cc3ccccc3)[C@H](O)CNC3CC3)cc2o1. The van der Waals surface area contributed by atoms with Crippen molar-refractivity contribution in [2.75, 3.05) is 6.54 Å². The predicted octanol–water partition coefficient (Wildman–Crippen LogP) is 4.69. The number of aryl methyl sites for hydroxylation is 1. The minimum atomic E-state index is -0.779. The van der Waals surface area contributed by atoms with Crippen LogP contribution in [-0.4, -0.2) is 41.7 Å². The molecule has 0 aliphatic heterocycles. The topological polar surface area (TPSA) is 104 Å². The third-order valence-corrected chi connectivity index (χ3v) is 7.19. The Labute approximate surface area is 228 Å². The van der Waals surface area contributed by atoms with Crippen LogP contribution in [0.15, 0.2) is 83.3 Å². The number of carbonyl (C=O) groups is 2. The van der Waals surface area contributed by atoms with Crippen molar-refractivity contribution in [3.05, 3.63) is 107 Å². The lowest BCUT2D eigenvalue weighted by molar-refractivity contribution is 0.0830. The lowest BCUT2D eigenvalue weighted by Gasteiger charge is -2.25. The number of benzene rings is 3. The summed E-state index contributed by atoms with van der Waals surface area (Å²) in [6.45, 7) is 4.13. The van der Waals surface area contributed by atoms with Crippen molar-refractivity contribution in [1.29, 1.82) is 0 Å². The van der Waals surface area contributed by atoms with E-state index < -0.39 is 12.1 Å². The third-order valence-electron chi connectivity index (χ3n) is 7.19. The highest BCUT2D eigenvalue weighted by Crippen LogP contribution is 2.26. The summed E-state index contributed by atoms with van der Waals surface area (Å²) in [7, 11) is 0. The number of aliphatic hydroxyl groups excluding tert-OH is 1. The molecular formula is C32H35N3O4. The molecule has 1 fully saturated rings. The molecular weight excluding hydrogens is 490 g/mol. The summed E-state index contributed by atoms with van der Waals surface area (Å²) >= 11 is 0. The first kappa shape index (κ1) is 26.7. The Bertz CT molecular complexity index is 1430. The van der Waals surface area contributed by atoms with Gasteiger partial charge in [-0.3, -0.25) is 9.59 Å². The molecule has 1 saturated carbocycles. The summed E-state index contributed by atoms with van der Waals surface area (Å²) in [5, 5.41) is 21.1. The first-order chi connectivity index (χ1) is 18.9. The number of furan rings is 1. The second kappa shape index (κ2) is 11.8. The number of hydrogen-bond donors (Lipinski definition) is 4. The Balaban J connectivity index is 1.39. The van der Waals surface area contributed by atoms with Gasteiger partial charge in [-0.1, -0.05) is 60.7 Å². The largest absolute Gasteiger partial charge is 0.461 e. The van der Waals surface area contributed by atoms with E-state index in [1.807, 2.05) is 80.6 Å². The Morgan fingerprint density at radius 2 is 1.64 bits per heavy atom. The fourth-order valence-electron chi connectivity index (χ4n) is 4.80. The molecule has 0 bridgehead atoms. The molecule has 1 heterocycles. The molecule has 7 nitrogen and oxygen atoms in total. The number of nitrogens with one attached hydrogen (secondary N) is 3. The second-order valence-electron chi connectivity index (χ2n) is 10.4. The van der Waals surface area contributed by atoms with E-state index in [4.69, 9.17) is 4.42 Å². The van der Waals surface area contributed by atoms with Crippen LogP contribution < -0.4 is 16.0 Å². The zero-order valence-electron chi connectivity index (χ0n) is 22.3. The molecule has 0 unspecified atom stereocenters. The highest BCUT2D eigenvalue weighted by atomic mass is 16.3. The molecule has 4 aromatic rings. The van der Waals surface area contributed by atoms with Gasteiger partial charge in [0.15, 0.2) is 0 Å². The third kappa shape index (κ3) is 6.74. The van der Waals surface area contributed by atoms with E-state index in [9.17, 15) is 14.7 Å². The van der Waals surface area contributed by atoms with Crippen LogP contribution in [0, 0.1) is 6.92 Å². The number of fused-ring (bicyclic) bond motifs is 1. The number of amides is 2. The summed E-state index contributed by atoms with van der Waals surface area (Å²) in [4.78, 5) is 27.0. The fraction of sp³-hybridized carbons (Fsp3) is 0.312. The molecule has 4 N–H and O–H groups in total. The number of aliphatic hydroxyl groups is 1. The summed E-state index contributed by atoms with van der Waals surface area (Å²) in [6, 6.07) is 24.3. The van der Waals surface area contributed by atoms with Crippen molar-refractivity contribution >= 4 is 22.8 Å². The van der Waals surface area contributed by atoms with Gasteiger partial charge in [-0.05, 0) is 62.4 Å². The van der Waals surface area contributed by atoms with Crippen molar-refractivity contribution in [3.8, 4) is 0 Å². The molecule has 1 aromatic heterocycles. The van der Waals surface area contributed by atoms with E-state index in [0.29, 0.717) is 46.9 Å². The van der Waals surface area contributed by atoms with Crippen LogP contribution >= 0.6 is 0 Å². The molecule has 202 valence electrons. The van der Waals surface area contributed by atoms with Gasteiger partial charge >= 0.3 is 0 Å². The zero-order chi connectivity index (χ0) is 27.4. The smallest absolute Gasteiger partial charge is 0.252 e. The van der Waals surface area contributed by atoms with Crippen LogP contribution in [-0.2, 0) is 6.42 Å². The van der Waals surface area contributed by atoms with E-state index in [2.05, 4.69) is 16.0 Å². The van der Waals surface area contributed by atoms with Gasteiger partial charge in [-0.2, -0.15) is 0 Å².